The predicted molar refractivity (Wildman–Crippen MR) is 210 cm³/mol. The average molecular weight is 761 g/mol. The molecule has 0 bridgehead atoms. The molecule has 292 valence electrons. The number of imidazole rings is 2. The molecule has 56 heavy (non-hydrogen) atoms. The minimum Gasteiger partial charge on any atom is -0.453 e. The Morgan fingerprint density at radius 3 is 1.89 bits per heavy atom. The minimum absolute atomic E-state index is 0.0789. The number of methoxy groups -OCH3 is 2. The third-order valence-corrected chi connectivity index (χ3v) is 11.1. The van der Waals surface area contributed by atoms with E-state index in [1.807, 2.05) is 36.4 Å². The smallest absolute Gasteiger partial charge is 0.407 e. The van der Waals surface area contributed by atoms with Gasteiger partial charge in [0.15, 0.2) is 0 Å². The van der Waals surface area contributed by atoms with Crippen molar-refractivity contribution < 1.29 is 28.7 Å². The van der Waals surface area contributed by atoms with E-state index in [2.05, 4.69) is 61.4 Å². The van der Waals surface area contributed by atoms with Gasteiger partial charge in [-0.2, -0.15) is 0 Å². The number of nitrogens with one attached hydrogen (secondary N) is 4. The van der Waals surface area contributed by atoms with E-state index in [0.717, 1.165) is 72.2 Å². The molecule has 2 aromatic carbocycles. The molecule has 1 aliphatic carbocycles. The highest BCUT2D eigenvalue weighted by atomic mass is 16.5. The Balaban J connectivity index is 1.00. The third kappa shape index (κ3) is 7.95. The van der Waals surface area contributed by atoms with Gasteiger partial charge in [-0.05, 0) is 66.4 Å². The second-order valence-electron chi connectivity index (χ2n) is 14.6. The largest absolute Gasteiger partial charge is 0.453 e. The Kier molecular flexibility index (Phi) is 11.3. The van der Waals surface area contributed by atoms with Crippen molar-refractivity contribution in [2.24, 2.45) is 5.92 Å². The summed E-state index contributed by atoms with van der Waals surface area (Å²) in [6.45, 7) is 6.59. The lowest BCUT2D eigenvalue weighted by molar-refractivity contribution is -0.135. The van der Waals surface area contributed by atoms with Crippen LogP contribution in [0.1, 0.15) is 69.2 Å². The Morgan fingerprint density at radius 1 is 0.750 bits per heavy atom. The maximum absolute atomic E-state index is 13.8. The molecule has 1 saturated carbocycles. The monoisotopic (exact) mass is 760 g/mol. The summed E-state index contributed by atoms with van der Waals surface area (Å²) in [5, 5.41) is 5.40. The molecular formula is C42H48N8O6. The Hall–Kier alpha value is -6.18. The molecule has 2 aliphatic heterocycles. The number of hydrogen-bond donors (Lipinski definition) is 4. The molecule has 4 N–H and O–H groups in total. The standard InChI is InChI=1S/C42H48N8O6/c1-25(2)35(47-41(53)55-3)39(51)49-21-7-11-33(49)37-43-23-31(45-37)28-17-13-26(14-18-28)27-15-19-29(20-16-27)32-24-44-38(46-32)34-12-8-22-50(34)40(52)36(48-42(54)56-4)30-9-5-6-10-30/h8,12-20,23-24,30,33-36H,1,5-7,9-11,21-22H2,2-4H3,(H,43,45)(H,44,46)(H,47,53)(H,48,54)/t33-,34-,35-,36?/m0/s1. The van der Waals surface area contributed by atoms with Gasteiger partial charge in [-0.1, -0.05) is 80.1 Å². The van der Waals surface area contributed by atoms with Gasteiger partial charge < -0.3 is 39.9 Å². The predicted octanol–water partition coefficient (Wildman–Crippen LogP) is 6.45. The molecule has 1 saturated heterocycles. The molecule has 4 aromatic rings. The fourth-order valence-electron chi connectivity index (χ4n) is 8.05. The molecule has 4 atom stereocenters. The maximum atomic E-state index is 13.8. The number of rotatable bonds is 11. The average Bonchev–Trinajstić information content (AvgIpc) is 4.07. The molecule has 0 radical (unpaired) electrons. The highest BCUT2D eigenvalue weighted by Gasteiger charge is 2.39. The number of ether oxygens (including phenoxy) is 2. The number of benzene rings is 2. The van der Waals surface area contributed by atoms with E-state index in [-0.39, 0.29) is 29.8 Å². The van der Waals surface area contributed by atoms with Crippen LogP contribution < -0.4 is 10.6 Å². The van der Waals surface area contributed by atoms with Gasteiger partial charge in [0, 0.05) is 13.1 Å². The lowest BCUT2D eigenvalue weighted by atomic mass is 9.96. The number of aromatic amines is 2. The quantitative estimate of drug-likeness (QED) is 0.126. The first-order valence-corrected chi connectivity index (χ1v) is 19.1. The van der Waals surface area contributed by atoms with E-state index in [1.54, 1.807) is 29.1 Å². The van der Waals surface area contributed by atoms with Gasteiger partial charge in [-0.25, -0.2) is 19.6 Å². The van der Waals surface area contributed by atoms with Crippen LogP contribution in [0.3, 0.4) is 0 Å². The molecule has 14 heteroatoms. The highest BCUT2D eigenvalue weighted by Crippen LogP contribution is 2.35. The number of aromatic nitrogens is 4. The number of likely N-dealkylation sites (tertiary alicyclic amines) is 1. The van der Waals surface area contributed by atoms with Crippen molar-refractivity contribution in [1.29, 1.82) is 0 Å². The molecule has 4 amide bonds. The zero-order valence-electron chi connectivity index (χ0n) is 31.9. The van der Waals surface area contributed by atoms with Crippen molar-refractivity contribution in [3.63, 3.8) is 0 Å². The zero-order chi connectivity index (χ0) is 39.3. The van der Waals surface area contributed by atoms with Crippen LogP contribution in [0, 0.1) is 5.92 Å². The van der Waals surface area contributed by atoms with Crippen LogP contribution in [-0.2, 0) is 19.1 Å². The van der Waals surface area contributed by atoms with Crippen molar-refractivity contribution in [3.8, 4) is 33.6 Å². The van der Waals surface area contributed by atoms with Gasteiger partial charge in [0.2, 0.25) is 11.8 Å². The van der Waals surface area contributed by atoms with Crippen LogP contribution in [0.25, 0.3) is 33.6 Å². The first kappa shape index (κ1) is 38.1. The number of carbonyl (C=O) groups excluding carboxylic acids is 4. The zero-order valence-corrected chi connectivity index (χ0v) is 31.9. The summed E-state index contributed by atoms with van der Waals surface area (Å²) in [6.07, 6.45) is 11.7. The Morgan fingerprint density at radius 2 is 1.30 bits per heavy atom. The molecule has 14 nitrogen and oxygen atoms in total. The van der Waals surface area contributed by atoms with Crippen molar-refractivity contribution >= 4 is 24.0 Å². The first-order valence-electron chi connectivity index (χ1n) is 19.1. The van der Waals surface area contributed by atoms with Crippen molar-refractivity contribution in [1.82, 2.24) is 40.4 Å². The lowest BCUT2D eigenvalue weighted by Gasteiger charge is -2.31. The van der Waals surface area contributed by atoms with E-state index in [0.29, 0.717) is 30.3 Å². The molecule has 4 heterocycles. The van der Waals surface area contributed by atoms with Crippen LogP contribution in [0.2, 0.25) is 0 Å². The summed E-state index contributed by atoms with van der Waals surface area (Å²) in [6, 6.07) is 14.3. The fraction of sp³-hybridized carbons (Fsp3) is 0.381. The van der Waals surface area contributed by atoms with Gasteiger partial charge in [0.1, 0.15) is 29.8 Å². The second-order valence-corrected chi connectivity index (χ2v) is 14.6. The van der Waals surface area contributed by atoms with E-state index in [1.165, 1.54) is 14.2 Å². The number of H-pyrrole nitrogens is 2. The third-order valence-electron chi connectivity index (χ3n) is 11.1. The van der Waals surface area contributed by atoms with Gasteiger partial charge >= 0.3 is 12.2 Å². The summed E-state index contributed by atoms with van der Waals surface area (Å²) in [4.78, 5) is 71.0. The van der Waals surface area contributed by atoms with Crippen molar-refractivity contribution in [3.05, 3.63) is 96.9 Å². The van der Waals surface area contributed by atoms with E-state index in [9.17, 15) is 19.2 Å². The van der Waals surface area contributed by atoms with Gasteiger partial charge in [-0.3, -0.25) is 9.59 Å². The number of hydrogen-bond acceptors (Lipinski definition) is 8. The maximum Gasteiger partial charge on any atom is 0.407 e. The molecule has 0 spiro atoms. The molecular weight excluding hydrogens is 713 g/mol. The molecule has 1 unspecified atom stereocenters. The highest BCUT2D eigenvalue weighted by molar-refractivity contribution is 5.89. The summed E-state index contributed by atoms with van der Waals surface area (Å²) in [7, 11) is 2.57. The van der Waals surface area contributed by atoms with Gasteiger partial charge in [0.25, 0.3) is 0 Å². The summed E-state index contributed by atoms with van der Waals surface area (Å²) >= 11 is 0. The van der Waals surface area contributed by atoms with Crippen LogP contribution >= 0.6 is 0 Å². The Bertz CT molecular complexity index is 2100. The van der Waals surface area contributed by atoms with Gasteiger partial charge in [-0.15, -0.1) is 0 Å². The first-order chi connectivity index (χ1) is 27.1. The summed E-state index contributed by atoms with van der Waals surface area (Å²) in [5.41, 5.74) is 6.21. The van der Waals surface area contributed by atoms with Gasteiger partial charge in [0.05, 0.1) is 44.0 Å². The number of nitrogens with zero attached hydrogens (tertiary/aromatic N) is 4. The SMILES string of the molecule is C=C(C)[C@H](NC(=O)OC)C(=O)N1CCC[C@H]1c1ncc(-c2ccc(-c3ccc(-c4cnc([C@@H]5C=CCN5C(=O)C(NC(=O)OC)C5CCCC5)[nH]4)cc3)cc2)[nH]1. The van der Waals surface area contributed by atoms with Crippen LogP contribution in [-0.4, -0.2) is 93.1 Å². The molecule has 7 rings (SSSR count). The number of amides is 4. The molecule has 2 fully saturated rings. The number of carbonyl (C=O) groups is 4. The fourth-order valence-corrected chi connectivity index (χ4v) is 8.05. The van der Waals surface area contributed by atoms with Crippen molar-refractivity contribution in [2.45, 2.75) is 69.6 Å². The Labute approximate surface area is 325 Å². The lowest BCUT2D eigenvalue weighted by Crippen LogP contribution is -2.51. The molecule has 2 aromatic heterocycles. The van der Waals surface area contributed by atoms with E-state index in [4.69, 9.17) is 9.47 Å². The molecule has 3 aliphatic rings. The second kappa shape index (κ2) is 16.7. The van der Waals surface area contributed by atoms with E-state index >= 15 is 0 Å². The van der Waals surface area contributed by atoms with Crippen LogP contribution in [0.15, 0.2) is 85.2 Å². The summed E-state index contributed by atoms with van der Waals surface area (Å²) in [5.74, 6) is 1.06. The minimum atomic E-state index is -0.883. The normalized spacial score (nSPS) is 19.1. The number of alkyl carbamates (subject to hydrolysis) is 2. The van der Waals surface area contributed by atoms with Crippen LogP contribution in [0.4, 0.5) is 9.59 Å². The van der Waals surface area contributed by atoms with Crippen molar-refractivity contribution in [2.75, 3.05) is 27.3 Å². The van der Waals surface area contributed by atoms with E-state index < -0.39 is 24.3 Å². The topological polar surface area (TPSA) is 175 Å². The summed E-state index contributed by atoms with van der Waals surface area (Å²) < 4.78 is 9.56. The van der Waals surface area contributed by atoms with Crippen LogP contribution in [0.5, 0.6) is 0 Å².